The van der Waals surface area contributed by atoms with Gasteiger partial charge in [-0.25, -0.2) is 4.79 Å². The van der Waals surface area contributed by atoms with Gasteiger partial charge in [0.15, 0.2) is 0 Å². The van der Waals surface area contributed by atoms with Gasteiger partial charge in [0.25, 0.3) is 0 Å². The van der Waals surface area contributed by atoms with Gasteiger partial charge in [0.1, 0.15) is 5.56 Å². The second-order valence-electron chi connectivity index (χ2n) is 4.78. The van der Waals surface area contributed by atoms with Crippen molar-refractivity contribution < 1.29 is 9.90 Å². The lowest BCUT2D eigenvalue weighted by Gasteiger charge is -2.14. The Bertz CT molecular complexity index is 621. The van der Waals surface area contributed by atoms with Gasteiger partial charge in [-0.2, -0.15) is 0 Å². The Kier molecular flexibility index (Phi) is 3.69. The Hall–Kier alpha value is -2.10. The number of hydrogen-bond acceptors (Lipinski definition) is 3. The Labute approximate surface area is 112 Å². The molecule has 100 valence electrons. The van der Waals surface area contributed by atoms with Crippen LogP contribution in [0.4, 0.5) is 5.69 Å². The number of para-hydroxylation sites is 1. The maximum atomic E-state index is 11.3. The maximum Gasteiger partial charge on any atom is 0.339 e. The van der Waals surface area contributed by atoms with E-state index >= 15 is 0 Å². The number of pyridine rings is 1. The molecule has 1 heterocycles. The molecule has 4 nitrogen and oxygen atoms in total. The van der Waals surface area contributed by atoms with Crippen molar-refractivity contribution in [3.8, 4) is 0 Å². The minimum atomic E-state index is -0.958. The molecule has 0 spiro atoms. The molecule has 0 saturated heterocycles. The smallest absolute Gasteiger partial charge is 0.339 e. The van der Waals surface area contributed by atoms with E-state index in [4.69, 9.17) is 0 Å². The van der Waals surface area contributed by atoms with Crippen LogP contribution in [0.3, 0.4) is 0 Å². The van der Waals surface area contributed by atoms with Crippen LogP contribution in [0, 0.1) is 0 Å². The van der Waals surface area contributed by atoms with Crippen molar-refractivity contribution in [2.45, 2.75) is 26.7 Å². The third-order valence-corrected chi connectivity index (χ3v) is 3.13. The first-order valence-corrected chi connectivity index (χ1v) is 6.45. The zero-order valence-electron chi connectivity index (χ0n) is 11.4. The predicted octanol–water partition coefficient (Wildman–Crippen LogP) is 3.49. The van der Waals surface area contributed by atoms with Crippen molar-refractivity contribution in [2.24, 2.45) is 0 Å². The summed E-state index contributed by atoms with van der Waals surface area (Å²) in [6.07, 6.45) is 1.44. The zero-order valence-corrected chi connectivity index (χ0v) is 11.4. The van der Waals surface area contributed by atoms with Crippen LogP contribution in [0.1, 0.15) is 42.6 Å². The highest BCUT2D eigenvalue weighted by Gasteiger charge is 2.16. The number of fused-ring (bicyclic) bond motifs is 1. The topological polar surface area (TPSA) is 62.2 Å². The summed E-state index contributed by atoms with van der Waals surface area (Å²) >= 11 is 0. The van der Waals surface area contributed by atoms with Gasteiger partial charge in [0.05, 0.1) is 11.2 Å². The molecule has 19 heavy (non-hydrogen) atoms. The molecule has 1 aromatic heterocycles. The summed E-state index contributed by atoms with van der Waals surface area (Å²) in [5.41, 5.74) is 2.88. The number of aromatic carboxylic acids is 1. The molecule has 0 aliphatic heterocycles. The van der Waals surface area contributed by atoms with E-state index in [1.54, 1.807) is 0 Å². The van der Waals surface area contributed by atoms with Crippen LogP contribution in [0.25, 0.3) is 10.9 Å². The van der Waals surface area contributed by atoms with Gasteiger partial charge in [0.2, 0.25) is 0 Å². The minimum absolute atomic E-state index is 0.218. The molecule has 0 aliphatic rings. The highest BCUT2D eigenvalue weighted by Crippen LogP contribution is 2.30. The summed E-state index contributed by atoms with van der Waals surface area (Å²) in [7, 11) is 0. The lowest BCUT2D eigenvalue weighted by molar-refractivity contribution is 0.0697. The fourth-order valence-corrected chi connectivity index (χ4v) is 2.24. The SMILES string of the molecule is CCNc1c(C(=O)O)cnc2c(C(C)C)cccc12. The first-order valence-electron chi connectivity index (χ1n) is 6.45. The summed E-state index contributed by atoms with van der Waals surface area (Å²) in [5.74, 6) is -0.610. The van der Waals surface area contributed by atoms with Gasteiger partial charge >= 0.3 is 5.97 Å². The van der Waals surface area contributed by atoms with Gasteiger partial charge in [-0.15, -0.1) is 0 Å². The molecule has 1 aromatic carbocycles. The first kappa shape index (κ1) is 13.3. The molecule has 0 amide bonds. The van der Waals surface area contributed by atoms with Crippen molar-refractivity contribution >= 4 is 22.6 Å². The lowest BCUT2D eigenvalue weighted by Crippen LogP contribution is -2.08. The molecule has 0 bridgehead atoms. The summed E-state index contributed by atoms with van der Waals surface area (Å²) in [4.78, 5) is 15.6. The molecule has 0 aliphatic carbocycles. The first-order chi connectivity index (χ1) is 9.06. The predicted molar refractivity (Wildman–Crippen MR) is 77.0 cm³/mol. The highest BCUT2D eigenvalue weighted by atomic mass is 16.4. The van der Waals surface area contributed by atoms with Crippen LogP contribution in [-0.2, 0) is 0 Å². The fraction of sp³-hybridized carbons (Fsp3) is 0.333. The van der Waals surface area contributed by atoms with Gasteiger partial charge < -0.3 is 10.4 Å². The van der Waals surface area contributed by atoms with Crippen LogP contribution in [-0.4, -0.2) is 22.6 Å². The molecule has 0 saturated carbocycles. The monoisotopic (exact) mass is 258 g/mol. The lowest BCUT2D eigenvalue weighted by atomic mass is 9.98. The molecular weight excluding hydrogens is 240 g/mol. The minimum Gasteiger partial charge on any atom is -0.478 e. The second-order valence-corrected chi connectivity index (χ2v) is 4.78. The van der Waals surface area contributed by atoms with E-state index in [1.165, 1.54) is 6.20 Å². The summed E-state index contributed by atoms with van der Waals surface area (Å²) in [6.45, 7) is 6.83. The molecule has 0 unspecified atom stereocenters. The number of hydrogen-bond donors (Lipinski definition) is 2. The number of carboxylic acids is 1. The molecular formula is C15H18N2O2. The Morgan fingerprint density at radius 3 is 2.74 bits per heavy atom. The van der Waals surface area contributed by atoms with E-state index < -0.39 is 5.97 Å². The van der Waals surface area contributed by atoms with Crippen molar-refractivity contribution in [3.63, 3.8) is 0 Å². The number of carboxylic acid groups (broad SMARTS) is 1. The van der Waals surface area contributed by atoms with Crippen LogP contribution >= 0.6 is 0 Å². The Morgan fingerprint density at radius 1 is 1.42 bits per heavy atom. The van der Waals surface area contributed by atoms with Crippen molar-refractivity contribution in [1.82, 2.24) is 4.98 Å². The van der Waals surface area contributed by atoms with Crippen molar-refractivity contribution in [3.05, 3.63) is 35.5 Å². The maximum absolute atomic E-state index is 11.3. The van der Waals surface area contributed by atoms with Gasteiger partial charge in [-0.05, 0) is 18.4 Å². The number of anilines is 1. The number of carbonyl (C=O) groups is 1. The average molecular weight is 258 g/mol. The van der Waals surface area contributed by atoms with E-state index in [0.717, 1.165) is 16.5 Å². The quantitative estimate of drug-likeness (QED) is 0.881. The average Bonchev–Trinajstić information content (AvgIpc) is 2.38. The van der Waals surface area contributed by atoms with E-state index in [0.29, 0.717) is 18.2 Å². The molecule has 0 fully saturated rings. The van der Waals surface area contributed by atoms with Crippen molar-refractivity contribution in [1.29, 1.82) is 0 Å². The molecule has 4 heteroatoms. The van der Waals surface area contributed by atoms with E-state index in [1.807, 2.05) is 25.1 Å². The van der Waals surface area contributed by atoms with Gasteiger partial charge in [-0.3, -0.25) is 4.98 Å². The second kappa shape index (κ2) is 5.26. The fourth-order valence-electron chi connectivity index (χ4n) is 2.24. The molecule has 2 N–H and O–H groups in total. The van der Waals surface area contributed by atoms with Crippen LogP contribution in [0.2, 0.25) is 0 Å². The molecule has 0 radical (unpaired) electrons. The molecule has 2 rings (SSSR count). The molecule has 2 aromatic rings. The normalized spacial score (nSPS) is 10.9. The Balaban J connectivity index is 2.78. The van der Waals surface area contributed by atoms with Gasteiger partial charge in [0, 0.05) is 18.1 Å². The number of benzene rings is 1. The van der Waals surface area contributed by atoms with Crippen LogP contribution < -0.4 is 5.32 Å². The molecule has 0 atom stereocenters. The Morgan fingerprint density at radius 2 is 2.16 bits per heavy atom. The summed E-state index contributed by atoms with van der Waals surface area (Å²) in [6, 6.07) is 5.90. The number of nitrogens with zero attached hydrogens (tertiary/aromatic N) is 1. The van der Waals surface area contributed by atoms with Crippen LogP contribution in [0.5, 0.6) is 0 Å². The summed E-state index contributed by atoms with van der Waals surface area (Å²) in [5, 5.41) is 13.3. The van der Waals surface area contributed by atoms with E-state index in [2.05, 4.69) is 24.1 Å². The van der Waals surface area contributed by atoms with Gasteiger partial charge in [-0.1, -0.05) is 32.0 Å². The third-order valence-electron chi connectivity index (χ3n) is 3.13. The number of nitrogens with one attached hydrogen (secondary N) is 1. The zero-order chi connectivity index (χ0) is 14.0. The van der Waals surface area contributed by atoms with Crippen molar-refractivity contribution in [2.75, 3.05) is 11.9 Å². The standard InChI is InChI=1S/C15H18N2O2/c1-4-16-14-11-7-5-6-10(9(2)3)13(11)17-8-12(14)15(18)19/h5-9H,4H2,1-3H3,(H,16,17)(H,18,19). The number of rotatable bonds is 4. The largest absolute Gasteiger partial charge is 0.478 e. The third kappa shape index (κ3) is 2.38. The van der Waals surface area contributed by atoms with E-state index in [9.17, 15) is 9.90 Å². The highest BCUT2D eigenvalue weighted by molar-refractivity contribution is 6.04. The number of aromatic nitrogens is 1. The van der Waals surface area contributed by atoms with Crippen LogP contribution in [0.15, 0.2) is 24.4 Å². The van der Waals surface area contributed by atoms with E-state index in [-0.39, 0.29) is 5.56 Å². The summed E-state index contributed by atoms with van der Waals surface area (Å²) < 4.78 is 0.